The van der Waals surface area contributed by atoms with Crippen molar-refractivity contribution in [1.82, 2.24) is 4.98 Å². The molecule has 8 nitrogen and oxygen atoms in total. The largest absolute Gasteiger partial charge is 0.488 e. The molecule has 12 heteroatoms. The van der Waals surface area contributed by atoms with Crippen LogP contribution in [0.25, 0.3) is 0 Å². The van der Waals surface area contributed by atoms with Crippen molar-refractivity contribution < 1.29 is 37.7 Å². The average molecular weight is 525 g/mol. The number of nitrogens with zero attached hydrogens (tertiary/aromatic N) is 1. The Balaban J connectivity index is 1.79. The molecule has 2 aromatic carbocycles. The summed E-state index contributed by atoms with van der Waals surface area (Å²) in [5.74, 6) is -2.30. The highest BCUT2D eigenvalue weighted by molar-refractivity contribution is 8.01. The first kappa shape index (κ1) is 26.4. The van der Waals surface area contributed by atoms with E-state index in [0.717, 1.165) is 22.4 Å². The summed E-state index contributed by atoms with van der Waals surface area (Å²) < 4.78 is 44.4. The summed E-state index contributed by atoms with van der Waals surface area (Å²) in [6.45, 7) is 2.07. The molecule has 0 radical (unpaired) electrons. The molecule has 0 saturated carbocycles. The lowest BCUT2D eigenvalue weighted by molar-refractivity contribution is -0.136. The topological polar surface area (TPSA) is 107 Å². The highest BCUT2D eigenvalue weighted by Crippen LogP contribution is 2.31. The van der Waals surface area contributed by atoms with Gasteiger partial charge in [-0.05, 0) is 19.1 Å². The summed E-state index contributed by atoms with van der Waals surface area (Å²) in [7, 11) is 1.53. The van der Waals surface area contributed by atoms with Gasteiger partial charge in [0.25, 0.3) is 5.91 Å². The number of nitrogens with one attached hydrogen (secondary N) is 1. The number of halogens is 2. The van der Waals surface area contributed by atoms with Gasteiger partial charge in [-0.3, -0.25) is 14.9 Å². The zero-order valence-electron chi connectivity index (χ0n) is 18.7. The molecule has 1 amide bonds. The van der Waals surface area contributed by atoms with E-state index in [-0.39, 0.29) is 35.3 Å². The fraction of sp³-hybridized carbons (Fsp3) is 0.261. The van der Waals surface area contributed by atoms with Crippen LogP contribution in [0.15, 0.2) is 46.8 Å². The van der Waals surface area contributed by atoms with Crippen molar-refractivity contribution in [2.75, 3.05) is 24.8 Å². The van der Waals surface area contributed by atoms with Crippen LogP contribution in [0.2, 0.25) is 0 Å². The Morgan fingerprint density at radius 1 is 1.11 bits per heavy atom. The average Bonchev–Trinajstić information content (AvgIpc) is 3.19. The number of ether oxygens (including phenoxy) is 3. The number of aromatic nitrogens is 1. The molecule has 1 heterocycles. The highest BCUT2D eigenvalue weighted by Gasteiger charge is 2.15. The molecule has 0 aliphatic heterocycles. The fourth-order valence-corrected chi connectivity index (χ4v) is 4.72. The third kappa shape index (κ3) is 8.50. The Bertz CT molecular complexity index is 1170. The first-order valence-corrected chi connectivity index (χ1v) is 12.1. The number of anilines is 1. The minimum atomic E-state index is -0.892. The summed E-state index contributed by atoms with van der Waals surface area (Å²) in [5.41, 5.74) is 0.161. The Hall–Kier alpha value is -3.22. The number of carbonyl (C=O) groups is 2. The summed E-state index contributed by atoms with van der Waals surface area (Å²) in [6, 6.07) is 7.15. The molecule has 0 saturated heterocycles. The van der Waals surface area contributed by atoms with E-state index in [2.05, 4.69) is 10.3 Å². The first-order chi connectivity index (χ1) is 16.7. The van der Waals surface area contributed by atoms with E-state index in [1.807, 2.05) is 0 Å². The van der Waals surface area contributed by atoms with E-state index in [9.17, 15) is 18.4 Å². The monoisotopic (exact) mass is 524 g/mol. The van der Waals surface area contributed by atoms with Crippen molar-refractivity contribution in [3.8, 4) is 17.2 Å². The van der Waals surface area contributed by atoms with Crippen LogP contribution >= 0.6 is 23.1 Å². The lowest BCUT2D eigenvalue weighted by Crippen LogP contribution is -2.18. The fourth-order valence-electron chi connectivity index (χ4n) is 2.85. The Kier molecular flexibility index (Phi) is 9.40. The Labute approximate surface area is 208 Å². The van der Waals surface area contributed by atoms with Crippen molar-refractivity contribution >= 4 is 40.1 Å². The maximum absolute atomic E-state index is 13.6. The number of hydrogen-bond donors (Lipinski definition) is 2. The number of thiazole rings is 1. The summed E-state index contributed by atoms with van der Waals surface area (Å²) in [5, 5.41) is 11.7. The van der Waals surface area contributed by atoms with Crippen LogP contribution < -0.4 is 14.8 Å². The number of methoxy groups -OCH3 is 1. The molecule has 186 valence electrons. The van der Waals surface area contributed by atoms with Gasteiger partial charge in [0.15, 0.2) is 5.13 Å². The maximum atomic E-state index is 13.6. The van der Waals surface area contributed by atoms with Gasteiger partial charge in [0.1, 0.15) is 35.0 Å². The van der Waals surface area contributed by atoms with Crippen molar-refractivity contribution in [3.05, 3.63) is 59.8 Å². The molecule has 0 spiro atoms. The first-order valence-electron chi connectivity index (χ1n) is 10.3. The second-order valence-corrected chi connectivity index (χ2v) is 9.64. The lowest BCUT2D eigenvalue weighted by atomic mass is 10.2. The smallest absolute Gasteiger partial charge is 0.304 e. The molecule has 3 rings (SSSR count). The second kappa shape index (κ2) is 12.5. The molecule has 0 unspecified atom stereocenters. The van der Waals surface area contributed by atoms with Crippen molar-refractivity contribution in [1.29, 1.82) is 0 Å². The van der Waals surface area contributed by atoms with E-state index < -0.39 is 23.5 Å². The standard InChI is InChI=1S/C23H22F2N2O6S2/c1-13(12-31-2)32-17-5-14(6-18(10-17)33-19-8-15(24)7-16(25)9-19)22(30)27-23-26-11-21(35-23)34-4-3-20(28)29/h5-11,13H,3-4,12H2,1-2H3,(H,28,29)(H,26,27,30)/t13-/m0/s1. The quantitative estimate of drug-likeness (QED) is 0.302. The second-order valence-electron chi connectivity index (χ2n) is 7.21. The van der Waals surface area contributed by atoms with Crippen molar-refractivity contribution in [2.45, 2.75) is 23.7 Å². The third-order valence-corrected chi connectivity index (χ3v) is 6.33. The predicted molar refractivity (Wildman–Crippen MR) is 128 cm³/mol. The lowest BCUT2D eigenvalue weighted by Gasteiger charge is -2.16. The van der Waals surface area contributed by atoms with Gasteiger partial charge < -0.3 is 19.3 Å². The van der Waals surface area contributed by atoms with Crippen LogP contribution in [0, 0.1) is 11.6 Å². The van der Waals surface area contributed by atoms with Crippen molar-refractivity contribution in [3.63, 3.8) is 0 Å². The normalized spacial score (nSPS) is 11.7. The van der Waals surface area contributed by atoms with Gasteiger partial charge in [0.2, 0.25) is 0 Å². The van der Waals surface area contributed by atoms with Gasteiger partial charge in [-0.2, -0.15) is 0 Å². The van der Waals surface area contributed by atoms with Crippen molar-refractivity contribution in [2.24, 2.45) is 0 Å². The third-order valence-electron chi connectivity index (χ3n) is 4.22. The Morgan fingerprint density at radius 3 is 2.49 bits per heavy atom. The number of carbonyl (C=O) groups excluding carboxylic acids is 1. The number of hydrogen-bond acceptors (Lipinski definition) is 8. The van der Waals surface area contributed by atoms with E-state index in [1.54, 1.807) is 13.1 Å². The van der Waals surface area contributed by atoms with E-state index in [0.29, 0.717) is 17.5 Å². The number of benzene rings is 2. The van der Waals surface area contributed by atoms with Crippen LogP contribution in [-0.4, -0.2) is 47.5 Å². The van der Waals surface area contributed by atoms with Gasteiger partial charge >= 0.3 is 5.97 Å². The van der Waals surface area contributed by atoms with Crippen LogP contribution in [-0.2, 0) is 9.53 Å². The highest BCUT2D eigenvalue weighted by atomic mass is 32.2. The van der Waals surface area contributed by atoms with Gasteiger partial charge in [-0.1, -0.05) is 11.3 Å². The molecule has 0 aliphatic carbocycles. The maximum Gasteiger partial charge on any atom is 0.304 e. The van der Waals surface area contributed by atoms with Crippen LogP contribution in [0.1, 0.15) is 23.7 Å². The number of amides is 1. The van der Waals surface area contributed by atoms with E-state index in [1.165, 1.54) is 48.4 Å². The van der Waals surface area contributed by atoms with Gasteiger partial charge in [-0.25, -0.2) is 13.8 Å². The molecule has 35 heavy (non-hydrogen) atoms. The molecular formula is C23H22F2N2O6S2. The van der Waals surface area contributed by atoms with E-state index >= 15 is 0 Å². The van der Waals surface area contributed by atoms with Gasteiger partial charge in [0, 0.05) is 42.7 Å². The molecule has 1 atom stereocenters. The summed E-state index contributed by atoms with van der Waals surface area (Å²) in [6.07, 6.45) is 1.21. The Morgan fingerprint density at radius 2 is 1.80 bits per heavy atom. The molecule has 3 aromatic rings. The number of thioether (sulfide) groups is 1. The van der Waals surface area contributed by atoms with Crippen LogP contribution in [0.5, 0.6) is 17.2 Å². The van der Waals surface area contributed by atoms with Crippen LogP contribution in [0.4, 0.5) is 13.9 Å². The molecule has 0 aliphatic rings. The van der Waals surface area contributed by atoms with Gasteiger partial charge in [-0.15, -0.1) is 11.8 Å². The summed E-state index contributed by atoms with van der Waals surface area (Å²) >= 11 is 2.53. The molecule has 0 fully saturated rings. The number of carboxylic acids is 1. The van der Waals surface area contributed by atoms with E-state index in [4.69, 9.17) is 19.3 Å². The minimum Gasteiger partial charge on any atom is -0.488 e. The van der Waals surface area contributed by atoms with Crippen LogP contribution in [0.3, 0.4) is 0 Å². The molecule has 1 aromatic heterocycles. The number of carboxylic acid groups (broad SMARTS) is 1. The zero-order valence-corrected chi connectivity index (χ0v) is 20.4. The molecule has 2 N–H and O–H groups in total. The zero-order chi connectivity index (χ0) is 25.4. The molecular weight excluding hydrogens is 502 g/mol. The minimum absolute atomic E-state index is 0.0105. The summed E-state index contributed by atoms with van der Waals surface area (Å²) in [4.78, 5) is 27.7. The van der Waals surface area contributed by atoms with Gasteiger partial charge in [0.05, 0.1) is 23.4 Å². The number of rotatable bonds is 12. The number of aliphatic carboxylic acids is 1. The molecule has 0 bridgehead atoms. The SMILES string of the molecule is COC[C@H](C)Oc1cc(Oc2cc(F)cc(F)c2)cc(C(=O)Nc2ncc(SCCC(=O)O)s2)c1. The predicted octanol–water partition coefficient (Wildman–Crippen LogP) is 5.45.